The fourth-order valence-electron chi connectivity index (χ4n) is 3.38. The molecule has 124 valence electrons. The summed E-state index contributed by atoms with van der Waals surface area (Å²) in [5.41, 5.74) is 3.39. The Labute approximate surface area is 141 Å². The lowest BCUT2D eigenvalue weighted by atomic mass is 10.0. The van der Waals surface area contributed by atoms with Gasteiger partial charge in [0, 0.05) is 37.8 Å². The fraction of sp³-hybridized carbons (Fsp3) is 0.389. The predicted molar refractivity (Wildman–Crippen MR) is 96.3 cm³/mol. The van der Waals surface area contributed by atoms with Crippen molar-refractivity contribution in [2.24, 2.45) is 7.05 Å². The van der Waals surface area contributed by atoms with Crippen LogP contribution in [0.2, 0.25) is 0 Å². The van der Waals surface area contributed by atoms with Gasteiger partial charge in [-0.1, -0.05) is 11.6 Å². The van der Waals surface area contributed by atoms with Crippen LogP contribution in [0.3, 0.4) is 0 Å². The van der Waals surface area contributed by atoms with Gasteiger partial charge in [0.15, 0.2) is 0 Å². The van der Waals surface area contributed by atoms with Crippen LogP contribution < -0.4 is 10.2 Å². The van der Waals surface area contributed by atoms with Crippen molar-refractivity contribution in [3.05, 3.63) is 42.5 Å². The molecule has 6 heteroatoms. The van der Waals surface area contributed by atoms with E-state index >= 15 is 0 Å². The van der Waals surface area contributed by atoms with E-state index in [0.29, 0.717) is 6.04 Å². The van der Waals surface area contributed by atoms with Gasteiger partial charge >= 0.3 is 0 Å². The zero-order valence-electron chi connectivity index (χ0n) is 14.1. The lowest BCUT2D eigenvalue weighted by Crippen LogP contribution is -2.42. The number of hydrogen-bond donors (Lipinski definition) is 1. The molecule has 4 rings (SSSR count). The van der Waals surface area contributed by atoms with Crippen molar-refractivity contribution < 1.29 is 0 Å². The Bertz CT molecular complexity index is 856. The van der Waals surface area contributed by atoms with Crippen LogP contribution in [-0.2, 0) is 7.05 Å². The Morgan fingerprint density at radius 3 is 3.00 bits per heavy atom. The molecule has 1 unspecified atom stereocenters. The van der Waals surface area contributed by atoms with Crippen LogP contribution >= 0.6 is 0 Å². The summed E-state index contributed by atoms with van der Waals surface area (Å²) in [5.74, 6) is 0.932. The average Bonchev–Trinajstić information content (AvgIpc) is 3.02. The molecule has 1 saturated heterocycles. The molecule has 1 aliphatic heterocycles. The second-order valence-corrected chi connectivity index (χ2v) is 6.54. The number of aromatic nitrogens is 4. The highest BCUT2D eigenvalue weighted by molar-refractivity contribution is 5.89. The van der Waals surface area contributed by atoms with Gasteiger partial charge in [-0.2, -0.15) is 5.10 Å². The predicted octanol–water partition coefficient (Wildman–Crippen LogP) is 2.75. The first kappa shape index (κ1) is 14.9. The summed E-state index contributed by atoms with van der Waals surface area (Å²) >= 11 is 0. The maximum Gasteiger partial charge on any atom is 0.137 e. The summed E-state index contributed by atoms with van der Waals surface area (Å²) in [6, 6.07) is 6.67. The van der Waals surface area contributed by atoms with Crippen molar-refractivity contribution in [1.29, 1.82) is 0 Å². The molecular weight excluding hydrogens is 300 g/mol. The quantitative estimate of drug-likeness (QED) is 0.803. The van der Waals surface area contributed by atoms with Gasteiger partial charge in [0.05, 0.1) is 17.4 Å². The first-order valence-electron chi connectivity index (χ1n) is 8.40. The summed E-state index contributed by atoms with van der Waals surface area (Å²) in [6.07, 6.45) is 7.96. The van der Waals surface area contributed by atoms with Gasteiger partial charge in [0.25, 0.3) is 0 Å². The lowest BCUT2D eigenvalue weighted by molar-refractivity contribution is 0.529. The normalized spacial score (nSPS) is 18.1. The van der Waals surface area contributed by atoms with E-state index in [0.717, 1.165) is 42.7 Å². The standard InChI is InChI=1S/C18H22N6/c1-13-5-6-17-16(8-13)18(20-12-19-17)22-14-4-3-7-24(10-14)15-9-21-23(2)11-15/h5-6,8-9,11-12,14H,3-4,7,10H2,1-2H3,(H,19,20,22). The number of rotatable bonds is 3. The Balaban J connectivity index is 1.56. The van der Waals surface area contributed by atoms with Gasteiger partial charge in [-0.3, -0.25) is 4.68 Å². The molecule has 1 N–H and O–H groups in total. The number of nitrogens with zero attached hydrogens (tertiary/aromatic N) is 5. The second-order valence-electron chi connectivity index (χ2n) is 6.54. The minimum atomic E-state index is 0.373. The summed E-state index contributed by atoms with van der Waals surface area (Å²) in [5, 5.41) is 9.02. The van der Waals surface area contributed by atoms with E-state index in [2.05, 4.69) is 56.6 Å². The Morgan fingerprint density at radius 2 is 2.17 bits per heavy atom. The van der Waals surface area contributed by atoms with E-state index in [4.69, 9.17) is 0 Å². The van der Waals surface area contributed by atoms with E-state index in [-0.39, 0.29) is 0 Å². The molecule has 0 amide bonds. The first-order valence-corrected chi connectivity index (χ1v) is 8.40. The topological polar surface area (TPSA) is 58.9 Å². The molecular formula is C18H22N6. The van der Waals surface area contributed by atoms with E-state index in [1.807, 2.05) is 17.9 Å². The van der Waals surface area contributed by atoms with Crippen LogP contribution in [0.4, 0.5) is 11.5 Å². The van der Waals surface area contributed by atoms with Crippen LogP contribution in [0.1, 0.15) is 18.4 Å². The molecule has 1 aromatic carbocycles. The summed E-state index contributed by atoms with van der Waals surface area (Å²) in [6.45, 7) is 4.14. The number of piperidine rings is 1. The molecule has 24 heavy (non-hydrogen) atoms. The largest absolute Gasteiger partial charge is 0.367 e. The molecule has 0 spiro atoms. The second kappa shape index (κ2) is 6.11. The van der Waals surface area contributed by atoms with E-state index in [1.165, 1.54) is 11.3 Å². The number of fused-ring (bicyclic) bond motifs is 1. The smallest absolute Gasteiger partial charge is 0.137 e. The monoisotopic (exact) mass is 322 g/mol. The number of aryl methyl sites for hydroxylation is 2. The van der Waals surface area contributed by atoms with Crippen LogP contribution in [-0.4, -0.2) is 38.9 Å². The highest BCUT2D eigenvalue weighted by atomic mass is 15.3. The minimum absolute atomic E-state index is 0.373. The van der Waals surface area contributed by atoms with Crippen LogP contribution in [0, 0.1) is 6.92 Å². The van der Waals surface area contributed by atoms with Crippen molar-refractivity contribution >= 4 is 22.4 Å². The molecule has 0 radical (unpaired) electrons. The summed E-state index contributed by atoms with van der Waals surface area (Å²) in [7, 11) is 1.96. The zero-order valence-corrected chi connectivity index (χ0v) is 14.1. The van der Waals surface area contributed by atoms with Crippen molar-refractivity contribution in [3.8, 4) is 0 Å². The van der Waals surface area contributed by atoms with Crippen molar-refractivity contribution in [2.45, 2.75) is 25.8 Å². The van der Waals surface area contributed by atoms with Gasteiger partial charge in [-0.25, -0.2) is 9.97 Å². The van der Waals surface area contributed by atoms with Crippen LogP contribution in [0.25, 0.3) is 10.9 Å². The van der Waals surface area contributed by atoms with Crippen LogP contribution in [0.5, 0.6) is 0 Å². The van der Waals surface area contributed by atoms with Gasteiger partial charge in [0.2, 0.25) is 0 Å². The Hall–Kier alpha value is -2.63. The van der Waals surface area contributed by atoms with Gasteiger partial charge in [0.1, 0.15) is 12.1 Å². The Kier molecular flexibility index (Phi) is 3.80. The summed E-state index contributed by atoms with van der Waals surface area (Å²) < 4.78 is 1.85. The third kappa shape index (κ3) is 2.91. The molecule has 1 aliphatic rings. The molecule has 0 aliphatic carbocycles. The molecule has 0 saturated carbocycles. The SMILES string of the molecule is Cc1ccc2ncnc(NC3CCCN(c4cnn(C)c4)C3)c2c1. The average molecular weight is 322 g/mol. The summed E-state index contributed by atoms with van der Waals surface area (Å²) in [4.78, 5) is 11.2. The maximum absolute atomic E-state index is 4.49. The third-order valence-corrected chi connectivity index (χ3v) is 4.61. The number of benzene rings is 1. The molecule has 3 heterocycles. The minimum Gasteiger partial charge on any atom is -0.367 e. The number of anilines is 2. The Morgan fingerprint density at radius 1 is 1.25 bits per heavy atom. The van der Waals surface area contributed by atoms with Crippen molar-refractivity contribution in [3.63, 3.8) is 0 Å². The van der Waals surface area contributed by atoms with Crippen molar-refractivity contribution in [1.82, 2.24) is 19.7 Å². The van der Waals surface area contributed by atoms with Gasteiger partial charge < -0.3 is 10.2 Å². The number of nitrogens with one attached hydrogen (secondary N) is 1. The van der Waals surface area contributed by atoms with Crippen LogP contribution in [0.15, 0.2) is 36.9 Å². The lowest BCUT2D eigenvalue weighted by Gasteiger charge is -2.34. The zero-order chi connectivity index (χ0) is 16.5. The highest BCUT2D eigenvalue weighted by Crippen LogP contribution is 2.24. The molecule has 0 bridgehead atoms. The molecule has 1 atom stereocenters. The van der Waals surface area contributed by atoms with E-state index in [1.54, 1.807) is 6.33 Å². The third-order valence-electron chi connectivity index (χ3n) is 4.61. The maximum atomic E-state index is 4.49. The first-order chi connectivity index (χ1) is 11.7. The van der Waals surface area contributed by atoms with E-state index < -0.39 is 0 Å². The molecule has 1 fully saturated rings. The van der Waals surface area contributed by atoms with Gasteiger partial charge in [-0.15, -0.1) is 0 Å². The van der Waals surface area contributed by atoms with Gasteiger partial charge in [-0.05, 0) is 31.9 Å². The molecule has 6 nitrogen and oxygen atoms in total. The fourth-order valence-corrected chi connectivity index (χ4v) is 3.38. The van der Waals surface area contributed by atoms with E-state index in [9.17, 15) is 0 Å². The molecule has 2 aromatic heterocycles. The molecule has 3 aromatic rings. The number of hydrogen-bond acceptors (Lipinski definition) is 5. The highest BCUT2D eigenvalue weighted by Gasteiger charge is 2.21. The van der Waals surface area contributed by atoms with Crippen molar-refractivity contribution in [2.75, 3.05) is 23.3 Å².